The fraction of sp³-hybridized carbons (Fsp3) is 0.333. The molecule has 2 aromatic carbocycles. The number of rotatable bonds is 5. The third kappa shape index (κ3) is 4.82. The third-order valence-electron chi connectivity index (χ3n) is 5.46. The summed E-state index contributed by atoms with van der Waals surface area (Å²) in [5, 5.41) is 3.82. The van der Waals surface area contributed by atoms with Crippen molar-refractivity contribution in [1.82, 2.24) is 9.88 Å². The number of piperidine rings is 1. The molecule has 3 aromatic rings. The second-order valence-corrected chi connectivity index (χ2v) is 10.1. The number of hydrogen-bond acceptors (Lipinski definition) is 5. The van der Waals surface area contributed by atoms with Crippen LogP contribution >= 0.6 is 11.6 Å². The number of likely N-dealkylation sites (tertiary alicyclic amines) is 1. The van der Waals surface area contributed by atoms with Crippen molar-refractivity contribution in [3.05, 3.63) is 47.6 Å². The van der Waals surface area contributed by atoms with Crippen molar-refractivity contribution in [1.29, 1.82) is 0 Å². The molecule has 0 spiro atoms. The quantitative estimate of drug-likeness (QED) is 0.526. The summed E-state index contributed by atoms with van der Waals surface area (Å²) in [5.74, 6) is -0.475. The molecule has 1 aliphatic rings. The van der Waals surface area contributed by atoms with Crippen LogP contribution in [0, 0.1) is 0 Å². The van der Waals surface area contributed by atoms with Crippen LogP contribution in [0.25, 0.3) is 10.9 Å². The number of H-pyrrole nitrogens is 1. The van der Waals surface area contributed by atoms with Gasteiger partial charge in [0.15, 0.2) is 5.75 Å². The molecule has 0 bridgehead atoms. The Balaban J connectivity index is 1.74. The number of aromatic amines is 1. The van der Waals surface area contributed by atoms with Crippen LogP contribution in [0.4, 0.5) is 18.9 Å². The summed E-state index contributed by atoms with van der Waals surface area (Å²) in [6.45, 7) is 1.56. The van der Waals surface area contributed by atoms with E-state index in [1.807, 2.05) is 7.05 Å². The zero-order chi connectivity index (χ0) is 23.1. The highest BCUT2D eigenvalue weighted by Crippen LogP contribution is 2.37. The summed E-state index contributed by atoms with van der Waals surface area (Å²) < 4.78 is 69.6. The minimum absolute atomic E-state index is 0.00951. The van der Waals surface area contributed by atoms with E-state index in [9.17, 15) is 21.6 Å². The standard InChI is InChI=1S/C21H21ClF3N3O3S/c1-28-8-6-14(7-9-28)27-18-11-15(3-5-19(18)31-21(23,24)25)32(29,30)20-12-26-17-4-2-13(22)10-16(17)20/h2-5,10-12,14,26-27H,6-9H2,1H3. The molecular formula is C21H21ClF3N3O3S. The molecule has 11 heteroatoms. The predicted molar refractivity (Wildman–Crippen MR) is 116 cm³/mol. The van der Waals surface area contributed by atoms with Crippen molar-refractivity contribution in [3.63, 3.8) is 0 Å². The van der Waals surface area contributed by atoms with Gasteiger partial charge < -0.3 is 19.9 Å². The lowest BCUT2D eigenvalue weighted by atomic mass is 10.1. The lowest BCUT2D eigenvalue weighted by Crippen LogP contribution is -2.36. The minimum atomic E-state index is -4.91. The average Bonchev–Trinajstić information content (AvgIpc) is 3.13. The first-order valence-electron chi connectivity index (χ1n) is 9.89. The molecule has 0 radical (unpaired) electrons. The molecule has 1 saturated heterocycles. The fourth-order valence-corrected chi connectivity index (χ4v) is 5.41. The zero-order valence-corrected chi connectivity index (χ0v) is 18.6. The number of sulfone groups is 1. The smallest absolute Gasteiger partial charge is 0.404 e. The van der Waals surface area contributed by atoms with Crippen molar-refractivity contribution < 1.29 is 26.3 Å². The summed E-state index contributed by atoms with van der Waals surface area (Å²) in [4.78, 5) is 4.85. The number of halogens is 4. The number of nitrogens with zero attached hydrogens (tertiary/aromatic N) is 1. The first-order chi connectivity index (χ1) is 15.0. The van der Waals surface area contributed by atoms with Crippen molar-refractivity contribution in [3.8, 4) is 5.75 Å². The SMILES string of the molecule is CN1CCC(Nc2cc(S(=O)(=O)c3c[nH]c4ccc(Cl)cc34)ccc2OC(F)(F)F)CC1. The number of aromatic nitrogens is 1. The first kappa shape index (κ1) is 22.8. The lowest BCUT2D eigenvalue weighted by Gasteiger charge is -2.30. The molecule has 0 amide bonds. The Kier molecular flexibility index (Phi) is 6.04. The number of nitrogens with one attached hydrogen (secondary N) is 2. The van der Waals surface area contributed by atoms with Crippen LogP contribution in [0.5, 0.6) is 5.75 Å². The number of benzene rings is 2. The monoisotopic (exact) mass is 487 g/mol. The Hall–Kier alpha value is -2.43. The summed E-state index contributed by atoms with van der Waals surface area (Å²) in [6.07, 6.45) is -2.14. The molecule has 1 aliphatic heterocycles. The van der Waals surface area contributed by atoms with Crippen molar-refractivity contribution in [2.45, 2.75) is 35.0 Å². The molecule has 172 valence electrons. The maximum absolute atomic E-state index is 13.3. The summed E-state index contributed by atoms with van der Waals surface area (Å²) in [6, 6.07) is 8.04. The van der Waals surface area contributed by atoms with Gasteiger partial charge in [0.25, 0.3) is 0 Å². The van der Waals surface area contributed by atoms with E-state index in [0.29, 0.717) is 28.8 Å². The van der Waals surface area contributed by atoms with Gasteiger partial charge in [0, 0.05) is 28.2 Å². The lowest BCUT2D eigenvalue weighted by molar-refractivity contribution is -0.274. The summed E-state index contributed by atoms with van der Waals surface area (Å²) >= 11 is 6.02. The van der Waals surface area contributed by atoms with Crippen LogP contribution in [-0.2, 0) is 9.84 Å². The van der Waals surface area contributed by atoms with Gasteiger partial charge in [-0.1, -0.05) is 11.6 Å². The van der Waals surface area contributed by atoms with Gasteiger partial charge in [0.2, 0.25) is 9.84 Å². The molecule has 4 rings (SSSR count). The Bertz CT molecular complexity index is 1240. The molecule has 6 nitrogen and oxygen atoms in total. The van der Waals surface area contributed by atoms with Crippen molar-refractivity contribution >= 4 is 38.0 Å². The van der Waals surface area contributed by atoms with Crippen LogP contribution in [0.2, 0.25) is 5.02 Å². The van der Waals surface area contributed by atoms with E-state index < -0.39 is 21.9 Å². The number of anilines is 1. The van der Waals surface area contributed by atoms with E-state index in [1.165, 1.54) is 18.3 Å². The van der Waals surface area contributed by atoms with E-state index in [0.717, 1.165) is 25.2 Å². The normalized spacial score (nSPS) is 16.4. The minimum Gasteiger partial charge on any atom is -0.404 e. The van der Waals surface area contributed by atoms with E-state index in [2.05, 4.69) is 19.9 Å². The molecule has 2 N–H and O–H groups in total. The van der Waals surface area contributed by atoms with Crippen LogP contribution in [0.3, 0.4) is 0 Å². The highest BCUT2D eigenvalue weighted by molar-refractivity contribution is 7.91. The Morgan fingerprint density at radius 1 is 1.16 bits per heavy atom. The topological polar surface area (TPSA) is 74.4 Å². The first-order valence-corrected chi connectivity index (χ1v) is 11.8. The predicted octanol–water partition coefficient (Wildman–Crippen LogP) is 5.06. The van der Waals surface area contributed by atoms with Gasteiger partial charge in [-0.3, -0.25) is 0 Å². The van der Waals surface area contributed by atoms with Gasteiger partial charge in [0.1, 0.15) is 0 Å². The molecule has 0 unspecified atom stereocenters. The van der Waals surface area contributed by atoms with Gasteiger partial charge in [-0.15, -0.1) is 13.2 Å². The molecule has 1 aromatic heterocycles. The Labute approximate surface area is 188 Å². The summed E-state index contributed by atoms with van der Waals surface area (Å²) in [7, 11) is -2.08. The van der Waals surface area contributed by atoms with Gasteiger partial charge >= 0.3 is 6.36 Å². The number of alkyl halides is 3. The van der Waals surface area contributed by atoms with Gasteiger partial charge in [-0.05, 0) is 69.4 Å². The molecule has 0 aliphatic carbocycles. The maximum atomic E-state index is 13.3. The van der Waals surface area contributed by atoms with Crippen LogP contribution in [-0.4, -0.2) is 50.8 Å². The number of ether oxygens (including phenoxy) is 1. The molecule has 2 heterocycles. The second kappa shape index (κ2) is 8.49. The van der Waals surface area contributed by atoms with E-state index in [-0.39, 0.29) is 21.5 Å². The van der Waals surface area contributed by atoms with Crippen LogP contribution in [0.15, 0.2) is 52.4 Å². The van der Waals surface area contributed by atoms with Gasteiger partial charge in [0.05, 0.1) is 15.5 Å². The largest absolute Gasteiger partial charge is 0.573 e. The molecule has 1 fully saturated rings. The molecule has 32 heavy (non-hydrogen) atoms. The fourth-order valence-electron chi connectivity index (χ4n) is 3.79. The molecule has 0 saturated carbocycles. The number of hydrogen-bond donors (Lipinski definition) is 2. The highest BCUT2D eigenvalue weighted by atomic mass is 35.5. The van der Waals surface area contributed by atoms with Crippen molar-refractivity contribution in [2.75, 3.05) is 25.5 Å². The van der Waals surface area contributed by atoms with E-state index in [4.69, 9.17) is 11.6 Å². The van der Waals surface area contributed by atoms with Crippen molar-refractivity contribution in [2.24, 2.45) is 0 Å². The molecular weight excluding hydrogens is 467 g/mol. The van der Waals surface area contributed by atoms with E-state index >= 15 is 0 Å². The summed E-state index contributed by atoms with van der Waals surface area (Å²) in [5.41, 5.74) is 0.561. The van der Waals surface area contributed by atoms with E-state index in [1.54, 1.807) is 12.1 Å². The Morgan fingerprint density at radius 3 is 2.56 bits per heavy atom. The van der Waals surface area contributed by atoms with Crippen LogP contribution in [0.1, 0.15) is 12.8 Å². The number of fused-ring (bicyclic) bond motifs is 1. The third-order valence-corrected chi connectivity index (χ3v) is 7.49. The maximum Gasteiger partial charge on any atom is 0.573 e. The van der Waals surface area contributed by atoms with Gasteiger partial charge in [-0.2, -0.15) is 0 Å². The Morgan fingerprint density at radius 2 is 1.88 bits per heavy atom. The zero-order valence-electron chi connectivity index (χ0n) is 17.0. The molecule has 0 atom stereocenters. The van der Waals surface area contributed by atoms with Crippen LogP contribution < -0.4 is 10.1 Å². The second-order valence-electron chi connectivity index (χ2n) is 7.77. The average molecular weight is 488 g/mol. The highest BCUT2D eigenvalue weighted by Gasteiger charge is 2.33. The van der Waals surface area contributed by atoms with Gasteiger partial charge in [-0.25, -0.2) is 8.42 Å².